The van der Waals surface area contributed by atoms with E-state index in [0.29, 0.717) is 21.6 Å². The first-order valence-electron chi connectivity index (χ1n) is 9.68. The molecule has 0 aliphatic heterocycles. The molecule has 0 bridgehead atoms. The lowest BCUT2D eigenvalue weighted by atomic mass is 9.96. The second kappa shape index (κ2) is 7.67. The number of halogens is 1. The molecule has 0 unspecified atom stereocenters. The van der Waals surface area contributed by atoms with E-state index in [1.54, 1.807) is 12.4 Å². The fourth-order valence-electron chi connectivity index (χ4n) is 3.75. The Morgan fingerprint density at radius 3 is 2.68 bits per heavy atom. The third kappa shape index (κ3) is 3.33. The predicted molar refractivity (Wildman–Crippen MR) is 123 cm³/mol. The Kier molecular flexibility index (Phi) is 4.70. The zero-order chi connectivity index (χ0) is 21.4. The largest absolute Gasteiger partial charge is 0.346 e. The fraction of sp³-hybridized carbons (Fsp3) is 0.0400. The minimum absolute atomic E-state index is 0.0362. The van der Waals surface area contributed by atoms with Crippen molar-refractivity contribution in [3.8, 4) is 28.5 Å². The molecule has 1 N–H and O–H groups in total. The van der Waals surface area contributed by atoms with Crippen molar-refractivity contribution in [3.05, 3.63) is 93.9 Å². The summed E-state index contributed by atoms with van der Waals surface area (Å²) >= 11 is 6.54. The summed E-state index contributed by atoms with van der Waals surface area (Å²) in [4.78, 5) is 25.2. The molecule has 5 nitrogen and oxygen atoms in total. The van der Waals surface area contributed by atoms with Crippen LogP contribution in [0.15, 0.2) is 77.9 Å². The molecule has 0 aliphatic rings. The van der Waals surface area contributed by atoms with E-state index in [0.717, 1.165) is 33.3 Å². The van der Waals surface area contributed by atoms with Crippen LogP contribution in [0.1, 0.15) is 5.56 Å². The molecule has 5 rings (SSSR count). The number of benzene rings is 2. The smallest absolute Gasteiger partial charge is 0.195 e. The van der Waals surface area contributed by atoms with E-state index in [2.05, 4.69) is 9.97 Å². The van der Waals surface area contributed by atoms with Gasteiger partial charge in [-0.1, -0.05) is 48.0 Å². The summed E-state index contributed by atoms with van der Waals surface area (Å²) in [6, 6.07) is 21.3. The number of hydrogen-bond acceptors (Lipinski definition) is 4. The number of nitrogens with zero attached hydrogens (tertiary/aromatic N) is 3. The SMILES string of the molecule is N#CCc1c[nH]c2nc(-c3ccccc3)c(-c3cc(Cl)c4ncccc4c3)cc2c1=O. The predicted octanol–water partition coefficient (Wildman–Crippen LogP) is 5.52. The minimum atomic E-state index is -0.197. The van der Waals surface area contributed by atoms with Crippen LogP contribution in [0.5, 0.6) is 0 Å². The number of aromatic amines is 1. The monoisotopic (exact) mass is 422 g/mol. The van der Waals surface area contributed by atoms with E-state index in [1.165, 1.54) is 0 Å². The topological polar surface area (TPSA) is 82.4 Å². The van der Waals surface area contributed by atoms with E-state index in [9.17, 15) is 4.79 Å². The van der Waals surface area contributed by atoms with Crippen LogP contribution in [-0.4, -0.2) is 15.0 Å². The standard InChI is InChI=1S/C25H15ClN4O/c26-21-12-18(11-16-7-4-10-28-23(16)21)19-13-20-24(31)17(8-9-27)14-29-25(20)30-22(19)15-5-2-1-3-6-15/h1-7,10-14H,8H2,(H,29,30,31). The molecule has 0 spiro atoms. The quantitative estimate of drug-likeness (QED) is 0.414. The lowest BCUT2D eigenvalue weighted by Crippen LogP contribution is -2.11. The van der Waals surface area contributed by atoms with Crippen LogP contribution in [0.3, 0.4) is 0 Å². The zero-order valence-electron chi connectivity index (χ0n) is 16.3. The van der Waals surface area contributed by atoms with Crippen LogP contribution in [-0.2, 0) is 6.42 Å². The molecule has 3 heterocycles. The number of nitriles is 1. The van der Waals surface area contributed by atoms with Gasteiger partial charge >= 0.3 is 0 Å². The Morgan fingerprint density at radius 1 is 1.03 bits per heavy atom. The van der Waals surface area contributed by atoms with Gasteiger partial charge in [0.2, 0.25) is 0 Å². The number of pyridine rings is 3. The van der Waals surface area contributed by atoms with Gasteiger partial charge in [-0.15, -0.1) is 0 Å². The van der Waals surface area contributed by atoms with Gasteiger partial charge in [0.25, 0.3) is 0 Å². The molecule has 0 radical (unpaired) electrons. The third-order valence-electron chi connectivity index (χ3n) is 5.23. The third-order valence-corrected chi connectivity index (χ3v) is 5.52. The molecule has 0 saturated heterocycles. The normalized spacial score (nSPS) is 11.0. The van der Waals surface area contributed by atoms with E-state index in [4.69, 9.17) is 21.8 Å². The van der Waals surface area contributed by atoms with E-state index < -0.39 is 0 Å². The molecular formula is C25H15ClN4O. The molecule has 0 amide bonds. The number of aromatic nitrogens is 3. The van der Waals surface area contributed by atoms with Crippen LogP contribution in [0.25, 0.3) is 44.3 Å². The first-order valence-corrected chi connectivity index (χ1v) is 10.1. The van der Waals surface area contributed by atoms with Gasteiger partial charge in [-0.3, -0.25) is 9.78 Å². The molecule has 0 aliphatic carbocycles. The molecule has 31 heavy (non-hydrogen) atoms. The summed E-state index contributed by atoms with van der Waals surface area (Å²) in [5.74, 6) is 0. The van der Waals surface area contributed by atoms with Gasteiger partial charge in [-0.2, -0.15) is 5.26 Å². The average molecular weight is 423 g/mol. The van der Waals surface area contributed by atoms with Crippen molar-refractivity contribution >= 4 is 33.5 Å². The van der Waals surface area contributed by atoms with E-state index >= 15 is 0 Å². The van der Waals surface area contributed by atoms with Gasteiger partial charge in [0.15, 0.2) is 5.43 Å². The van der Waals surface area contributed by atoms with Gasteiger partial charge in [0.1, 0.15) is 5.65 Å². The highest BCUT2D eigenvalue weighted by Gasteiger charge is 2.16. The lowest BCUT2D eigenvalue weighted by molar-refractivity contribution is 1.17. The summed E-state index contributed by atoms with van der Waals surface area (Å²) in [6.07, 6.45) is 3.31. The second-order valence-corrected chi connectivity index (χ2v) is 7.57. The zero-order valence-corrected chi connectivity index (χ0v) is 17.0. The maximum absolute atomic E-state index is 13.0. The number of nitrogens with one attached hydrogen (secondary N) is 1. The second-order valence-electron chi connectivity index (χ2n) is 7.16. The molecule has 6 heteroatoms. The van der Waals surface area contributed by atoms with Crippen LogP contribution < -0.4 is 5.43 Å². The number of rotatable bonds is 3. The molecule has 3 aromatic heterocycles. The summed E-state index contributed by atoms with van der Waals surface area (Å²) in [5, 5.41) is 10.9. The molecule has 0 fully saturated rings. The van der Waals surface area contributed by atoms with Crippen LogP contribution in [0.4, 0.5) is 0 Å². The molecule has 0 saturated carbocycles. The Morgan fingerprint density at radius 2 is 1.87 bits per heavy atom. The molecule has 2 aromatic carbocycles. The van der Waals surface area contributed by atoms with E-state index in [-0.39, 0.29) is 11.8 Å². The van der Waals surface area contributed by atoms with Crippen molar-refractivity contribution in [1.82, 2.24) is 15.0 Å². The molecule has 5 aromatic rings. The fourth-order valence-corrected chi connectivity index (χ4v) is 4.02. The van der Waals surface area contributed by atoms with Gasteiger partial charge in [-0.25, -0.2) is 4.98 Å². The van der Waals surface area contributed by atoms with Crippen molar-refractivity contribution in [2.24, 2.45) is 0 Å². The highest BCUT2D eigenvalue weighted by molar-refractivity contribution is 6.35. The van der Waals surface area contributed by atoms with Crippen molar-refractivity contribution in [2.45, 2.75) is 6.42 Å². The summed E-state index contributed by atoms with van der Waals surface area (Å²) < 4.78 is 0. The van der Waals surface area contributed by atoms with Gasteiger partial charge in [0.05, 0.1) is 34.1 Å². The van der Waals surface area contributed by atoms with Crippen LogP contribution in [0, 0.1) is 11.3 Å². The summed E-state index contributed by atoms with van der Waals surface area (Å²) in [6.45, 7) is 0. The molecular weight excluding hydrogens is 408 g/mol. The molecule has 0 atom stereocenters. The Bertz CT molecular complexity index is 1550. The van der Waals surface area contributed by atoms with Crippen LogP contribution in [0.2, 0.25) is 5.02 Å². The Hall–Kier alpha value is -4.01. The average Bonchev–Trinajstić information content (AvgIpc) is 2.81. The highest BCUT2D eigenvalue weighted by Crippen LogP contribution is 2.36. The van der Waals surface area contributed by atoms with Gasteiger partial charge in [0, 0.05) is 34.5 Å². The maximum Gasteiger partial charge on any atom is 0.195 e. The summed E-state index contributed by atoms with van der Waals surface area (Å²) in [7, 11) is 0. The first kappa shape index (κ1) is 19.0. The maximum atomic E-state index is 13.0. The van der Waals surface area contributed by atoms with Crippen molar-refractivity contribution in [3.63, 3.8) is 0 Å². The first-order chi connectivity index (χ1) is 15.2. The van der Waals surface area contributed by atoms with Gasteiger partial charge < -0.3 is 4.98 Å². The van der Waals surface area contributed by atoms with Crippen molar-refractivity contribution in [1.29, 1.82) is 5.26 Å². The summed E-state index contributed by atoms with van der Waals surface area (Å²) in [5.41, 5.74) is 4.68. The van der Waals surface area contributed by atoms with Crippen molar-refractivity contribution < 1.29 is 0 Å². The number of H-pyrrole nitrogens is 1. The number of fused-ring (bicyclic) bond motifs is 2. The van der Waals surface area contributed by atoms with Crippen molar-refractivity contribution in [2.75, 3.05) is 0 Å². The van der Waals surface area contributed by atoms with Gasteiger partial charge in [-0.05, 0) is 29.8 Å². The Balaban J connectivity index is 1.86. The highest BCUT2D eigenvalue weighted by atomic mass is 35.5. The number of hydrogen-bond donors (Lipinski definition) is 1. The lowest BCUT2D eigenvalue weighted by Gasteiger charge is -2.13. The van der Waals surface area contributed by atoms with Crippen LogP contribution >= 0.6 is 11.6 Å². The molecule has 148 valence electrons. The van der Waals surface area contributed by atoms with E-state index in [1.807, 2.05) is 66.7 Å². The Labute approximate surface area is 182 Å². The minimum Gasteiger partial charge on any atom is -0.346 e.